The lowest BCUT2D eigenvalue weighted by Crippen LogP contribution is -2.50. The molecular formula is C18H20N2O5S2. The number of benzene rings is 1. The standard InChI is InChI=1S/C18H20N2O5S2/c21-18(11-14-3-10-26-13-14)19-4-6-20(7-5-19)27(22,23)15-1-2-16-17(12-15)25-9-8-24-16/h1-3,10,12-13H,4-9,11H2. The maximum absolute atomic E-state index is 12.9. The van der Waals surface area contributed by atoms with Crippen molar-refractivity contribution in [3.05, 3.63) is 40.6 Å². The van der Waals surface area contributed by atoms with Crippen LogP contribution >= 0.6 is 11.3 Å². The molecule has 9 heteroatoms. The first kappa shape index (κ1) is 18.3. The summed E-state index contributed by atoms with van der Waals surface area (Å²) in [5, 5.41) is 3.90. The highest BCUT2D eigenvalue weighted by Gasteiger charge is 2.31. The molecule has 0 unspecified atom stereocenters. The first-order chi connectivity index (χ1) is 13.0. The Kier molecular flexibility index (Phi) is 5.07. The minimum absolute atomic E-state index is 0.0322. The van der Waals surface area contributed by atoms with Crippen LogP contribution in [0.5, 0.6) is 11.5 Å². The highest BCUT2D eigenvalue weighted by molar-refractivity contribution is 7.89. The molecule has 27 heavy (non-hydrogen) atoms. The highest BCUT2D eigenvalue weighted by Crippen LogP contribution is 2.33. The molecule has 7 nitrogen and oxygen atoms in total. The first-order valence-corrected chi connectivity index (χ1v) is 11.1. The Hall–Kier alpha value is -2.10. The van der Waals surface area contributed by atoms with E-state index < -0.39 is 10.0 Å². The normalized spacial score (nSPS) is 17.7. The fourth-order valence-corrected chi connectivity index (χ4v) is 5.30. The SMILES string of the molecule is O=C(Cc1ccsc1)N1CCN(S(=O)(=O)c2ccc3c(c2)OCCO3)CC1. The van der Waals surface area contributed by atoms with Gasteiger partial charge in [0.15, 0.2) is 11.5 Å². The molecule has 0 N–H and O–H groups in total. The van der Waals surface area contributed by atoms with E-state index in [-0.39, 0.29) is 23.9 Å². The molecule has 1 aromatic carbocycles. The summed E-state index contributed by atoms with van der Waals surface area (Å²) >= 11 is 1.56. The summed E-state index contributed by atoms with van der Waals surface area (Å²) < 4.78 is 38.2. The molecule has 0 aliphatic carbocycles. The van der Waals surface area contributed by atoms with Gasteiger partial charge in [-0.3, -0.25) is 4.79 Å². The van der Waals surface area contributed by atoms with E-state index >= 15 is 0 Å². The van der Waals surface area contributed by atoms with Crippen molar-refractivity contribution in [3.8, 4) is 11.5 Å². The van der Waals surface area contributed by atoms with Crippen LogP contribution in [-0.4, -0.2) is 62.9 Å². The molecule has 1 aromatic heterocycles. The van der Waals surface area contributed by atoms with Crippen LogP contribution in [0.4, 0.5) is 0 Å². The van der Waals surface area contributed by atoms with E-state index in [9.17, 15) is 13.2 Å². The number of amides is 1. The summed E-state index contributed by atoms with van der Waals surface area (Å²) in [6.07, 6.45) is 0.360. The highest BCUT2D eigenvalue weighted by atomic mass is 32.2. The van der Waals surface area contributed by atoms with Gasteiger partial charge >= 0.3 is 0 Å². The van der Waals surface area contributed by atoms with Crippen molar-refractivity contribution in [3.63, 3.8) is 0 Å². The van der Waals surface area contributed by atoms with Gasteiger partial charge in [-0.05, 0) is 34.5 Å². The molecule has 1 amide bonds. The number of sulfonamides is 1. The number of rotatable bonds is 4. The number of fused-ring (bicyclic) bond motifs is 1. The predicted octanol–water partition coefficient (Wildman–Crippen LogP) is 1.59. The van der Waals surface area contributed by atoms with Gasteiger partial charge in [0.05, 0.1) is 11.3 Å². The van der Waals surface area contributed by atoms with Crippen LogP contribution in [0.3, 0.4) is 0 Å². The van der Waals surface area contributed by atoms with Crippen LogP contribution in [-0.2, 0) is 21.2 Å². The zero-order chi connectivity index (χ0) is 18.9. The van der Waals surface area contributed by atoms with Crippen LogP contribution in [0.15, 0.2) is 39.9 Å². The minimum Gasteiger partial charge on any atom is -0.486 e. The van der Waals surface area contributed by atoms with E-state index in [4.69, 9.17) is 9.47 Å². The summed E-state index contributed by atoms with van der Waals surface area (Å²) in [7, 11) is -3.63. The van der Waals surface area contributed by atoms with E-state index in [2.05, 4.69) is 0 Å². The van der Waals surface area contributed by atoms with E-state index in [1.54, 1.807) is 22.3 Å². The summed E-state index contributed by atoms with van der Waals surface area (Å²) in [4.78, 5) is 14.3. The molecule has 1 saturated heterocycles. The molecule has 0 atom stereocenters. The molecule has 0 radical (unpaired) electrons. The predicted molar refractivity (Wildman–Crippen MR) is 101 cm³/mol. The molecular weight excluding hydrogens is 388 g/mol. The molecule has 2 aliphatic rings. The van der Waals surface area contributed by atoms with Crippen LogP contribution in [0.25, 0.3) is 0 Å². The van der Waals surface area contributed by atoms with E-state index in [1.807, 2.05) is 16.8 Å². The second-order valence-corrected chi connectivity index (χ2v) is 9.12. The maximum Gasteiger partial charge on any atom is 0.243 e. The van der Waals surface area contributed by atoms with Gasteiger partial charge in [0.25, 0.3) is 0 Å². The van der Waals surface area contributed by atoms with Crippen molar-refractivity contribution >= 4 is 27.3 Å². The fourth-order valence-electron chi connectivity index (χ4n) is 3.19. The third-order valence-electron chi connectivity index (χ3n) is 4.68. The molecule has 2 aliphatic heterocycles. The number of ether oxygens (including phenoxy) is 2. The zero-order valence-corrected chi connectivity index (χ0v) is 16.3. The Labute approximate surface area is 162 Å². The Morgan fingerprint density at radius 1 is 1.04 bits per heavy atom. The van der Waals surface area contributed by atoms with Crippen molar-refractivity contribution in [2.75, 3.05) is 39.4 Å². The minimum atomic E-state index is -3.63. The van der Waals surface area contributed by atoms with Crippen LogP contribution in [0.2, 0.25) is 0 Å². The van der Waals surface area contributed by atoms with E-state index in [1.165, 1.54) is 16.4 Å². The lowest BCUT2D eigenvalue weighted by atomic mass is 10.2. The number of thiophene rings is 1. The number of nitrogens with zero attached hydrogens (tertiary/aromatic N) is 2. The Bertz CT molecular complexity index is 919. The summed E-state index contributed by atoms with van der Waals surface area (Å²) in [5.74, 6) is 1.04. The van der Waals surface area contributed by atoms with Crippen molar-refractivity contribution in [1.29, 1.82) is 0 Å². The number of hydrogen-bond donors (Lipinski definition) is 0. The molecule has 0 bridgehead atoms. The molecule has 0 spiro atoms. The van der Waals surface area contributed by atoms with Gasteiger partial charge in [-0.1, -0.05) is 0 Å². The van der Waals surface area contributed by atoms with Crippen molar-refractivity contribution in [1.82, 2.24) is 9.21 Å². The third-order valence-corrected chi connectivity index (χ3v) is 7.30. The second kappa shape index (κ2) is 7.49. The Morgan fingerprint density at radius 2 is 1.78 bits per heavy atom. The van der Waals surface area contributed by atoms with Crippen LogP contribution < -0.4 is 9.47 Å². The van der Waals surface area contributed by atoms with Gasteiger partial charge < -0.3 is 14.4 Å². The van der Waals surface area contributed by atoms with Crippen LogP contribution in [0, 0.1) is 0 Å². The number of carbonyl (C=O) groups excluding carboxylic acids is 1. The topological polar surface area (TPSA) is 76.2 Å². The van der Waals surface area contributed by atoms with Gasteiger partial charge in [0.1, 0.15) is 13.2 Å². The Balaban J connectivity index is 1.42. The summed E-state index contributed by atoms with van der Waals surface area (Å²) in [6, 6.07) is 6.61. The first-order valence-electron chi connectivity index (χ1n) is 8.73. The Morgan fingerprint density at radius 3 is 2.48 bits per heavy atom. The summed E-state index contributed by atoms with van der Waals surface area (Å²) in [6.45, 7) is 2.22. The summed E-state index contributed by atoms with van der Waals surface area (Å²) in [5.41, 5.74) is 0.997. The molecule has 3 heterocycles. The monoisotopic (exact) mass is 408 g/mol. The average molecular weight is 409 g/mol. The smallest absolute Gasteiger partial charge is 0.243 e. The lowest BCUT2D eigenvalue weighted by molar-refractivity contribution is -0.131. The van der Waals surface area contributed by atoms with Crippen molar-refractivity contribution in [2.45, 2.75) is 11.3 Å². The van der Waals surface area contributed by atoms with E-state index in [0.717, 1.165) is 5.56 Å². The molecule has 2 aromatic rings. The van der Waals surface area contributed by atoms with Gasteiger partial charge in [0, 0.05) is 32.2 Å². The molecule has 1 fully saturated rings. The second-order valence-electron chi connectivity index (χ2n) is 6.40. The van der Waals surface area contributed by atoms with Gasteiger partial charge in [-0.2, -0.15) is 15.6 Å². The largest absolute Gasteiger partial charge is 0.486 e. The molecule has 4 rings (SSSR count). The molecule has 0 saturated carbocycles. The number of carbonyl (C=O) groups is 1. The fraction of sp³-hybridized carbons (Fsp3) is 0.389. The van der Waals surface area contributed by atoms with Gasteiger partial charge in [-0.15, -0.1) is 0 Å². The average Bonchev–Trinajstić information content (AvgIpc) is 3.20. The van der Waals surface area contributed by atoms with E-state index in [0.29, 0.717) is 44.2 Å². The quantitative estimate of drug-likeness (QED) is 0.768. The van der Waals surface area contributed by atoms with Crippen molar-refractivity contribution < 1.29 is 22.7 Å². The lowest BCUT2D eigenvalue weighted by Gasteiger charge is -2.34. The van der Waals surface area contributed by atoms with Gasteiger partial charge in [-0.25, -0.2) is 8.42 Å². The number of piperazine rings is 1. The van der Waals surface area contributed by atoms with Gasteiger partial charge in [0.2, 0.25) is 15.9 Å². The zero-order valence-electron chi connectivity index (χ0n) is 14.7. The maximum atomic E-state index is 12.9. The third kappa shape index (κ3) is 3.80. The van der Waals surface area contributed by atoms with Crippen molar-refractivity contribution in [2.24, 2.45) is 0 Å². The van der Waals surface area contributed by atoms with Crippen LogP contribution in [0.1, 0.15) is 5.56 Å². The number of hydrogen-bond acceptors (Lipinski definition) is 6. The molecule has 144 valence electrons.